The first-order valence-electron chi connectivity index (χ1n) is 4.54. The molecule has 0 spiro atoms. The largest absolute Gasteiger partial charge is 0.326 e. The van der Waals surface area contributed by atoms with Gasteiger partial charge in [0, 0.05) is 24.0 Å². The number of hydrogen-bond donors (Lipinski definition) is 1. The Bertz CT molecular complexity index is 378. The Morgan fingerprint density at radius 1 is 1.14 bits per heavy atom. The highest BCUT2D eigenvalue weighted by Crippen LogP contribution is 2.13. The van der Waals surface area contributed by atoms with Gasteiger partial charge >= 0.3 is 0 Å². The van der Waals surface area contributed by atoms with E-state index < -0.39 is 0 Å². The number of benzene rings is 1. The number of rotatable bonds is 3. The van der Waals surface area contributed by atoms with Crippen LogP contribution in [0.3, 0.4) is 0 Å². The van der Waals surface area contributed by atoms with E-state index in [9.17, 15) is 0 Å². The van der Waals surface area contributed by atoms with E-state index in [2.05, 4.69) is 29.2 Å². The second kappa shape index (κ2) is 4.35. The summed E-state index contributed by atoms with van der Waals surface area (Å²) in [6.45, 7) is 0.612. The molecule has 0 aliphatic heterocycles. The fraction of sp³-hybridized carbons (Fsp3) is 0.182. The molecule has 1 heterocycles. The van der Waals surface area contributed by atoms with E-state index in [1.807, 2.05) is 11.7 Å². The van der Waals surface area contributed by atoms with Crippen LogP contribution in [0.1, 0.15) is 16.0 Å². The summed E-state index contributed by atoms with van der Waals surface area (Å²) in [6.07, 6.45) is 2.89. The number of thiazole rings is 1. The van der Waals surface area contributed by atoms with E-state index in [4.69, 9.17) is 5.73 Å². The average Bonchev–Trinajstić information content (AvgIpc) is 2.72. The van der Waals surface area contributed by atoms with E-state index in [1.54, 1.807) is 11.3 Å². The third-order valence-corrected chi connectivity index (χ3v) is 2.90. The average molecular weight is 204 g/mol. The van der Waals surface area contributed by atoms with Crippen LogP contribution in [0.4, 0.5) is 0 Å². The minimum absolute atomic E-state index is 0.612. The van der Waals surface area contributed by atoms with Crippen molar-refractivity contribution in [3.63, 3.8) is 0 Å². The van der Waals surface area contributed by atoms with E-state index in [1.165, 1.54) is 16.0 Å². The van der Waals surface area contributed by atoms with Gasteiger partial charge in [-0.1, -0.05) is 24.3 Å². The Kier molecular flexibility index (Phi) is 2.91. The molecule has 0 saturated carbocycles. The summed E-state index contributed by atoms with van der Waals surface area (Å²) < 4.78 is 0. The smallest absolute Gasteiger partial charge is 0.0794 e. The molecule has 0 aliphatic rings. The fourth-order valence-corrected chi connectivity index (χ4v) is 1.95. The molecule has 0 atom stereocenters. The molecule has 0 amide bonds. The zero-order chi connectivity index (χ0) is 9.80. The highest BCUT2D eigenvalue weighted by atomic mass is 32.1. The van der Waals surface area contributed by atoms with Crippen LogP contribution < -0.4 is 5.73 Å². The molecule has 1 aromatic carbocycles. The molecule has 0 radical (unpaired) electrons. The predicted molar refractivity (Wildman–Crippen MR) is 59.3 cm³/mol. The van der Waals surface area contributed by atoms with E-state index >= 15 is 0 Å². The van der Waals surface area contributed by atoms with Crippen molar-refractivity contribution in [2.24, 2.45) is 5.73 Å². The first kappa shape index (κ1) is 9.37. The molecular weight excluding hydrogens is 192 g/mol. The Balaban J connectivity index is 2.10. The summed E-state index contributed by atoms with van der Waals surface area (Å²) >= 11 is 1.69. The van der Waals surface area contributed by atoms with Crippen molar-refractivity contribution in [1.29, 1.82) is 0 Å². The molecule has 2 nitrogen and oxygen atoms in total. The quantitative estimate of drug-likeness (QED) is 0.832. The van der Waals surface area contributed by atoms with Crippen molar-refractivity contribution < 1.29 is 0 Å². The fourth-order valence-electron chi connectivity index (χ4n) is 1.32. The van der Waals surface area contributed by atoms with Gasteiger partial charge in [0.25, 0.3) is 0 Å². The summed E-state index contributed by atoms with van der Waals surface area (Å²) in [5.74, 6) is 0. The SMILES string of the molecule is NCc1ccc(Cc2cncs2)cc1. The third-order valence-electron chi connectivity index (χ3n) is 2.12. The van der Waals surface area contributed by atoms with Crippen LogP contribution in [0.25, 0.3) is 0 Å². The van der Waals surface area contributed by atoms with E-state index in [0.29, 0.717) is 6.54 Å². The Morgan fingerprint density at radius 2 is 1.86 bits per heavy atom. The molecule has 3 heteroatoms. The van der Waals surface area contributed by atoms with Gasteiger partial charge in [-0.3, -0.25) is 4.98 Å². The van der Waals surface area contributed by atoms with E-state index in [0.717, 1.165) is 6.42 Å². The van der Waals surface area contributed by atoms with Crippen LogP contribution >= 0.6 is 11.3 Å². The van der Waals surface area contributed by atoms with Crippen molar-refractivity contribution in [2.75, 3.05) is 0 Å². The molecule has 0 unspecified atom stereocenters. The van der Waals surface area contributed by atoms with Gasteiger partial charge in [-0.15, -0.1) is 11.3 Å². The monoisotopic (exact) mass is 204 g/mol. The van der Waals surface area contributed by atoms with Crippen LogP contribution in [0.15, 0.2) is 36.0 Å². The second-order valence-electron chi connectivity index (χ2n) is 3.17. The summed E-state index contributed by atoms with van der Waals surface area (Å²) in [5, 5.41) is 0. The lowest BCUT2D eigenvalue weighted by Crippen LogP contribution is -1.96. The summed E-state index contributed by atoms with van der Waals surface area (Å²) in [7, 11) is 0. The predicted octanol–water partition coefficient (Wildman–Crippen LogP) is 2.19. The van der Waals surface area contributed by atoms with Gasteiger partial charge in [-0.25, -0.2) is 0 Å². The second-order valence-corrected chi connectivity index (χ2v) is 4.14. The summed E-state index contributed by atoms with van der Waals surface area (Å²) in [6, 6.07) is 8.41. The third kappa shape index (κ3) is 2.19. The number of nitrogens with two attached hydrogens (primary N) is 1. The van der Waals surface area contributed by atoms with Gasteiger partial charge < -0.3 is 5.73 Å². The van der Waals surface area contributed by atoms with Gasteiger partial charge in [-0.2, -0.15) is 0 Å². The van der Waals surface area contributed by atoms with Gasteiger partial charge in [0.1, 0.15) is 0 Å². The molecule has 0 saturated heterocycles. The topological polar surface area (TPSA) is 38.9 Å². The van der Waals surface area contributed by atoms with Gasteiger partial charge in [-0.05, 0) is 11.1 Å². The lowest BCUT2D eigenvalue weighted by Gasteiger charge is -2.00. The minimum atomic E-state index is 0.612. The van der Waals surface area contributed by atoms with Crippen LogP contribution in [-0.4, -0.2) is 4.98 Å². The van der Waals surface area contributed by atoms with Crippen LogP contribution in [0.5, 0.6) is 0 Å². The molecule has 0 aliphatic carbocycles. The maximum atomic E-state index is 5.53. The zero-order valence-electron chi connectivity index (χ0n) is 7.81. The maximum Gasteiger partial charge on any atom is 0.0794 e. The first-order chi connectivity index (χ1) is 6.88. The molecule has 2 rings (SSSR count). The maximum absolute atomic E-state index is 5.53. The van der Waals surface area contributed by atoms with Crippen LogP contribution in [0.2, 0.25) is 0 Å². The highest BCUT2D eigenvalue weighted by Gasteiger charge is 1.97. The Hall–Kier alpha value is -1.19. The lowest BCUT2D eigenvalue weighted by atomic mass is 10.1. The standard InChI is InChI=1S/C11H12N2S/c12-6-10-3-1-9(2-4-10)5-11-7-13-8-14-11/h1-4,7-8H,5-6,12H2. The number of nitrogens with zero attached hydrogens (tertiary/aromatic N) is 1. The van der Waals surface area contributed by atoms with Crippen LogP contribution in [-0.2, 0) is 13.0 Å². The Labute approximate surface area is 87.4 Å². The van der Waals surface area contributed by atoms with Crippen molar-refractivity contribution in [3.8, 4) is 0 Å². The van der Waals surface area contributed by atoms with Crippen molar-refractivity contribution in [2.45, 2.75) is 13.0 Å². The molecule has 1 aromatic heterocycles. The normalized spacial score (nSPS) is 10.4. The first-order valence-corrected chi connectivity index (χ1v) is 5.41. The highest BCUT2D eigenvalue weighted by molar-refractivity contribution is 7.09. The molecule has 0 bridgehead atoms. The van der Waals surface area contributed by atoms with Crippen molar-refractivity contribution >= 4 is 11.3 Å². The van der Waals surface area contributed by atoms with Gasteiger partial charge in [0.15, 0.2) is 0 Å². The summed E-state index contributed by atoms with van der Waals surface area (Å²) in [4.78, 5) is 5.35. The molecule has 72 valence electrons. The minimum Gasteiger partial charge on any atom is -0.326 e. The van der Waals surface area contributed by atoms with E-state index in [-0.39, 0.29) is 0 Å². The molecular formula is C11H12N2S. The van der Waals surface area contributed by atoms with Gasteiger partial charge in [0.2, 0.25) is 0 Å². The summed E-state index contributed by atoms with van der Waals surface area (Å²) in [5.41, 5.74) is 9.88. The molecule has 0 fully saturated rings. The lowest BCUT2D eigenvalue weighted by molar-refractivity contribution is 1.06. The number of hydrogen-bond acceptors (Lipinski definition) is 3. The Morgan fingerprint density at radius 3 is 2.43 bits per heavy atom. The van der Waals surface area contributed by atoms with Crippen molar-refractivity contribution in [3.05, 3.63) is 52.0 Å². The number of aromatic nitrogens is 1. The van der Waals surface area contributed by atoms with Gasteiger partial charge in [0.05, 0.1) is 5.51 Å². The van der Waals surface area contributed by atoms with Crippen molar-refractivity contribution in [1.82, 2.24) is 4.98 Å². The molecule has 2 aromatic rings. The molecule has 14 heavy (non-hydrogen) atoms. The zero-order valence-corrected chi connectivity index (χ0v) is 8.63. The molecule has 2 N–H and O–H groups in total. The van der Waals surface area contributed by atoms with Crippen LogP contribution in [0, 0.1) is 0 Å².